The second-order valence-electron chi connectivity index (χ2n) is 6.70. The Balaban J connectivity index is 1.87. The van der Waals surface area contributed by atoms with Crippen molar-refractivity contribution >= 4 is 26.0 Å². The predicted molar refractivity (Wildman–Crippen MR) is 106 cm³/mol. The zero-order chi connectivity index (χ0) is 21.1. The molecular weight excluding hydrogens is 416 g/mol. The highest BCUT2D eigenvalue weighted by Gasteiger charge is 2.30. The predicted octanol–water partition coefficient (Wildman–Crippen LogP) is 1.49. The van der Waals surface area contributed by atoms with Crippen LogP contribution in [0.1, 0.15) is 18.4 Å². The van der Waals surface area contributed by atoms with Crippen LogP contribution < -0.4 is 4.72 Å². The molecule has 1 saturated carbocycles. The zero-order valence-electron chi connectivity index (χ0n) is 15.8. The molecule has 0 heterocycles. The molecule has 0 radical (unpaired) electrons. The van der Waals surface area contributed by atoms with Gasteiger partial charge in [0.25, 0.3) is 0 Å². The summed E-state index contributed by atoms with van der Waals surface area (Å²) >= 11 is 0. The Morgan fingerprint density at radius 1 is 1.00 bits per heavy atom. The summed E-state index contributed by atoms with van der Waals surface area (Å²) in [6, 6.07) is 13.7. The number of hydrogen-bond acceptors (Lipinski definition) is 6. The molecule has 3 rings (SSSR count). The number of ether oxygens (including phenoxy) is 1. The first-order valence-electron chi connectivity index (χ1n) is 8.95. The van der Waals surface area contributed by atoms with Crippen molar-refractivity contribution < 1.29 is 26.4 Å². The standard InChI is InChI=1S/C19H22N2O6S2/c1-27-19(22)14-21(13-15-5-3-2-4-6-15)29(25,26)18-11-9-17(10-12-18)28(23,24)20-16-7-8-16/h2-6,9-12,16,20H,7-8,13-14H2,1H3. The van der Waals surface area contributed by atoms with Gasteiger partial charge in [-0.15, -0.1) is 0 Å². The fraction of sp³-hybridized carbons (Fsp3) is 0.316. The Labute approximate surface area is 170 Å². The number of sulfonamides is 2. The first kappa shape index (κ1) is 21.4. The summed E-state index contributed by atoms with van der Waals surface area (Å²) < 4.78 is 58.9. The van der Waals surface area contributed by atoms with E-state index in [0.717, 1.165) is 17.1 Å². The van der Waals surface area contributed by atoms with Crippen molar-refractivity contribution in [3.63, 3.8) is 0 Å². The van der Waals surface area contributed by atoms with Crippen molar-refractivity contribution in [3.8, 4) is 0 Å². The van der Waals surface area contributed by atoms with E-state index in [4.69, 9.17) is 0 Å². The van der Waals surface area contributed by atoms with E-state index in [9.17, 15) is 21.6 Å². The Hall–Kier alpha value is -2.27. The molecule has 0 aromatic heterocycles. The van der Waals surface area contributed by atoms with Gasteiger partial charge in [-0.2, -0.15) is 4.31 Å². The van der Waals surface area contributed by atoms with Gasteiger partial charge in [0.1, 0.15) is 6.54 Å². The first-order valence-corrected chi connectivity index (χ1v) is 11.9. The minimum absolute atomic E-state index is 0.00840. The lowest BCUT2D eigenvalue weighted by molar-refractivity contribution is -0.140. The highest BCUT2D eigenvalue weighted by atomic mass is 32.2. The third kappa shape index (κ3) is 5.41. The molecular formula is C19H22N2O6S2. The lowest BCUT2D eigenvalue weighted by Gasteiger charge is -2.21. The molecule has 1 aliphatic rings. The molecule has 0 unspecified atom stereocenters. The highest BCUT2D eigenvalue weighted by molar-refractivity contribution is 7.89. The molecule has 1 aliphatic carbocycles. The van der Waals surface area contributed by atoms with Crippen LogP contribution in [0.4, 0.5) is 0 Å². The molecule has 8 nitrogen and oxygen atoms in total. The van der Waals surface area contributed by atoms with Crippen molar-refractivity contribution in [2.75, 3.05) is 13.7 Å². The summed E-state index contributed by atoms with van der Waals surface area (Å²) in [5.41, 5.74) is 0.702. The minimum Gasteiger partial charge on any atom is -0.468 e. The first-order chi connectivity index (χ1) is 13.7. The molecule has 156 valence electrons. The van der Waals surface area contributed by atoms with E-state index in [1.54, 1.807) is 30.3 Å². The number of methoxy groups -OCH3 is 1. The van der Waals surface area contributed by atoms with E-state index < -0.39 is 32.6 Å². The Morgan fingerprint density at radius 3 is 2.14 bits per heavy atom. The topological polar surface area (TPSA) is 110 Å². The number of hydrogen-bond donors (Lipinski definition) is 1. The van der Waals surface area contributed by atoms with Crippen LogP contribution in [0, 0.1) is 0 Å². The highest BCUT2D eigenvalue weighted by Crippen LogP contribution is 2.24. The summed E-state index contributed by atoms with van der Waals surface area (Å²) in [7, 11) is -6.56. The van der Waals surface area contributed by atoms with E-state index in [-0.39, 0.29) is 22.4 Å². The second kappa shape index (κ2) is 8.62. The third-order valence-electron chi connectivity index (χ3n) is 4.41. The second-order valence-corrected chi connectivity index (χ2v) is 10.4. The van der Waals surface area contributed by atoms with Crippen LogP contribution in [0.2, 0.25) is 0 Å². The number of carbonyl (C=O) groups is 1. The van der Waals surface area contributed by atoms with Crippen LogP contribution in [0.15, 0.2) is 64.4 Å². The third-order valence-corrected chi connectivity index (χ3v) is 7.75. The number of esters is 1. The van der Waals surface area contributed by atoms with Gasteiger partial charge in [0.05, 0.1) is 16.9 Å². The van der Waals surface area contributed by atoms with Crippen molar-refractivity contribution in [2.45, 2.75) is 35.2 Å². The molecule has 0 atom stereocenters. The number of carbonyl (C=O) groups excluding carboxylic acids is 1. The summed E-state index contributed by atoms with van der Waals surface area (Å²) in [4.78, 5) is 11.7. The van der Waals surface area contributed by atoms with Crippen molar-refractivity contribution in [2.24, 2.45) is 0 Å². The lowest BCUT2D eigenvalue weighted by Crippen LogP contribution is -2.35. The van der Waals surface area contributed by atoms with Gasteiger partial charge in [-0.05, 0) is 42.7 Å². The number of nitrogens with zero attached hydrogens (tertiary/aromatic N) is 1. The number of benzene rings is 2. The number of rotatable bonds is 9. The SMILES string of the molecule is COC(=O)CN(Cc1ccccc1)S(=O)(=O)c1ccc(S(=O)(=O)NC2CC2)cc1. The van der Waals surface area contributed by atoms with Crippen LogP contribution >= 0.6 is 0 Å². The van der Waals surface area contributed by atoms with Gasteiger partial charge in [0, 0.05) is 12.6 Å². The molecule has 1 fully saturated rings. The van der Waals surface area contributed by atoms with Gasteiger partial charge >= 0.3 is 5.97 Å². The molecule has 0 spiro atoms. The smallest absolute Gasteiger partial charge is 0.321 e. The van der Waals surface area contributed by atoms with E-state index in [1.165, 1.54) is 31.4 Å². The summed E-state index contributed by atoms with van der Waals surface area (Å²) in [5.74, 6) is -0.697. The van der Waals surface area contributed by atoms with Gasteiger partial charge in [-0.25, -0.2) is 21.6 Å². The quantitative estimate of drug-likeness (QED) is 0.594. The van der Waals surface area contributed by atoms with Crippen LogP contribution in [0.5, 0.6) is 0 Å². The molecule has 0 bridgehead atoms. The van der Waals surface area contributed by atoms with Gasteiger partial charge in [-0.3, -0.25) is 4.79 Å². The normalized spacial score (nSPS) is 14.7. The summed E-state index contributed by atoms with van der Waals surface area (Å²) in [5, 5.41) is 0. The van der Waals surface area contributed by atoms with Gasteiger partial charge < -0.3 is 4.74 Å². The van der Waals surface area contributed by atoms with Gasteiger partial charge in [0.15, 0.2) is 0 Å². The van der Waals surface area contributed by atoms with E-state index in [0.29, 0.717) is 5.56 Å². The molecule has 29 heavy (non-hydrogen) atoms. The zero-order valence-corrected chi connectivity index (χ0v) is 17.4. The van der Waals surface area contributed by atoms with Crippen molar-refractivity contribution in [1.29, 1.82) is 0 Å². The lowest BCUT2D eigenvalue weighted by atomic mass is 10.2. The van der Waals surface area contributed by atoms with Crippen LogP contribution in [0.3, 0.4) is 0 Å². The molecule has 0 saturated heterocycles. The molecule has 1 N–H and O–H groups in total. The maximum Gasteiger partial charge on any atom is 0.321 e. The molecule has 2 aromatic rings. The average molecular weight is 439 g/mol. The minimum atomic E-state index is -4.06. The maximum absolute atomic E-state index is 13.1. The van der Waals surface area contributed by atoms with Crippen LogP contribution in [0.25, 0.3) is 0 Å². The Bertz CT molecular complexity index is 1060. The van der Waals surface area contributed by atoms with Crippen molar-refractivity contribution in [3.05, 3.63) is 60.2 Å². The maximum atomic E-state index is 13.1. The molecule has 10 heteroatoms. The van der Waals surface area contributed by atoms with E-state index in [2.05, 4.69) is 9.46 Å². The molecule has 0 amide bonds. The van der Waals surface area contributed by atoms with E-state index in [1.807, 2.05) is 0 Å². The van der Waals surface area contributed by atoms with Crippen molar-refractivity contribution in [1.82, 2.24) is 9.03 Å². The molecule has 0 aliphatic heterocycles. The Kier molecular flexibility index (Phi) is 6.37. The average Bonchev–Trinajstić information content (AvgIpc) is 3.51. The number of nitrogens with one attached hydrogen (secondary N) is 1. The Morgan fingerprint density at radius 2 is 1.59 bits per heavy atom. The molecule has 2 aromatic carbocycles. The largest absolute Gasteiger partial charge is 0.468 e. The summed E-state index contributed by atoms with van der Waals surface area (Å²) in [6.07, 6.45) is 1.60. The van der Waals surface area contributed by atoms with Crippen LogP contribution in [-0.2, 0) is 36.1 Å². The monoisotopic (exact) mass is 438 g/mol. The van der Waals surface area contributed by atoms with Gasteiger partial charge in [0.2, 0.25) is 20.0 Å². The summed E-state index contributed by atoms with van der Waals surface area (Å²) in [6.45, 7) is -0.488. The van der Waals surface area contributed by atoms with E-state index >= 15 is 0 Å². The fourth-order valence-electron chi connectivity index (χ4n) is 2.65. The van der Waals surface area contributed by atoms with Crippen LogP contribution in [-0.4, -0.2) is 46.8 Å². The van der Waals surface area contributed by atoms with Gasteiger partial charge in [-0.1, -0.05) is 30.3 Å². The fourth-order valence-corrected chi connectivity index (χ4v) is 5.33.